The number of hydrogen-bond donors (Lipinski definition) is 1. The van der Waals surface area contributed by atoms with Gasteiger partial charge in [-0.2, -0.15) is 4.98 Å². The first-order chi connectivity index (χ1) is 8.79. The molecule has 0 aliphatic heterocycles. The molecule has 2 rings (SSSR count). The molecular formula is C13H16N2O3. The van der Waals surface area contributed by atoms with Gasteiger partial charge in [-0.1, -0.05) is 24.2 Å². The van der Waals surface area contributed by atoms with Gasteiger partial charge in [0.25, 0.3) is 0 Å². The highest BCUT2D eigenvalue weighted by Gasteiger charge is 2.08. The number of phenols is 1. The van der Waals surface area contributed by atoms with Crippen molar-refractivity contribution in [1.29, 1.82) is 0 Å². The lowest BCUT2D eigenvalue weighted by atomic mass is 10.2. The smallest absolute Gasteiger partial charge is 0.229 e. The van der Waals surface area contributed by atoms with Crippen molar-refractivity contribution >= 4 is 0 Å². The molecule has 2 aromatic rings. The van der Waals surface area contributed by atoms with Gasteiger partial charge in [-0.15, -0.1) is 0 Å². The molecule has 0 saturated heterocycles. The third-order valence-electron chi connectivity index (χ3n) is 2.38. The van der Waals surface area contributed by atoms with E-state index < -0.39 is 0 Å². The molecule has 0 saturated carbocycles. The molecule has 1 N–H and O–H groups in total. The number of hydrogen-bond acceptors (Lipinski definition) is 5. The maximum atomic E-state index is 9.38. The first kappa shape index (κ1) is 12.6. The summed E-state index contributed by atoms with van der Waals surface area (Å²) in [7, 11) is 0. The van der Waals surface area contributed by atoms with Gasteiger partial charge in [-0.25, -0.2) is 0 Å². The third-order valence-corrected chi connectivity index (χ3v) is 2.38. The van der Waals surface area contributed by atoms with Crippen LogP contribution in [-0.4, -0.2) is 28.5 Å². The molecule has 0 amide bonds. The van der Waals surface area contributed by atoms with Gasteiger partial charge in [0.2, 0.25) is 11.7 Å². The summed E-state index contributed by atoms with van der Waals surface area (Å²) < 4.78 is 10.5. The zero-order valence-corrected chi connectivity index (χ0v) is 10.3. The van der Waals surface area contributed by atoms with Gasteiger partial charge in [0.05, 0.1) is 13.0 Å². The van der Waals surface area contributed by atoms with Gasteiger partial charge in [0.1, 0.15) is 5.75 Å². The first-order valence-electron chi connectivity index (χ1n) is 5.99. The molecule has 0 aliphatic rings. The van der Waals surface area contributed by atoms with Crippen molar-refractivity contribution in [2.24, 2.45) is 0 Å². The minimum absolute atomic E-state index is 0.185. The number of benzene rings is 1. The number of phenolic OH excluding ortho intramolecular Hbond substituents is 1. The zero-order chi connectivity index (χ0) is 12.8. The zero-order valence-electron chi connectivity index (χ0n) is 10.3. The number of aromatic nitrogens is 2. The fourth-order valence-corrected chi connectivity index (χ4v) is 1.52. The maximum absolute atomic E-state index is 9.38. The molecule has 0 bridgehead atoms. The van der Waals surface area contributed by atoms with Crippen LogP contribution in [0.2, 0.25) is 0 Å². The molecule has 96 valence electrons. The topological polar surface area (TPSA) is 68.4 Å². The van der Waals surface area contributed by atoms with E-state index in [1.165, 1.54) is 0 Å². The molecule has 1 aromatic heterocycles. The SMILES string of the molecule is CCCOCCc1nc(-c2cccc(O)c2)no1. The summed E-state index contributed by atoms with van der Waals surface area (Å²) in [4.78, 5) is 4.25. The van der Waals surface area contributed by atoms with E-state index in [0.29, 0.717) is 24.7 Å². The Bertz CT molecular complexity index is 496. The van der Waals surface area contributed by atoms with Crippen LogP contribution in [0.1, 0.15) is 19.2 Å². The van der Waals surface area contributed by atoms with E-state index in [-0.39, 0.29) is 5.75 Å². The van der Waals surface area contributed by atoms with E-state index in [0.717, 1.165) is 18.6 Å². The summed E-state index contributed by atoms with van der Waals surface area (Å²) in [5, 5.41) is 13.2. The summed E-state index contributed by atoms with van der Waals surface area (Å²) in [6, 6.07) is 6.76. The Morgan fingerprint density at radius 3 is 3.00 bits per heavy atom. The Labute approximate surface area is 105 Å². The molecule has 0 unspecified atom stereocenters. The third kappa shape index (κ3) is 3.30. The predicted molar refractivity (Wildman–Crippen MR) is 66.2 cm³/mol. The summed E-state index contributed by atoms with van der Waals surface area (Å²) in [5.74, 6) is 1.21. The highest BCUT2D eigenvalue weighted by atomic mass is 16.5. The largest absolute Gasteiger partial charge is 0.508 e. The second-order valence-electron chi connectivity index (χ2n) is 3.92. The van der Waals surface area contributed by atoms with Crippen molar-refractivity contribution in [3.05, 3.63) is 30.2 Å². The van der Waals surface area contributed by atoms with Crippen molar-refractivity contribution in [2.45, 2.75) is 19.8 Å². The normalized spacial score (nSPS) is 10.7. The minimum Gasteiger partial charge on any atom is -0.508 e. The molecule has 0 radical (unpaired) electrons. The molecule has 5 nitrogen and oxygen atoms in total. The standard InChI is InChI=1S/C13H16N2O3/c1-2-7-17-8-6-12-14-13(15-18-12)10-4-3-5-11(16)9-10/h3-5,9,16H,2,6-8H2,1H3. The van der Waals surface area contributed by atoms with Gasteiger partial charge in [-0.3, -0.25) is 0 Å². The van der Waals surface area contributed by atoms with Crippen LogP contribution in [0.5, 0.6) is 5.75 Å². The Balaban J connectivity index is 1.97. The highest BCUT2D eigenvalue weighted by Crippen LogP contribution is 2.20. The number of nitrogens with zero attached hydrogens (tertiary/aromatic N) is 2. The fraction of sp³-hybridized carbons (Fsp3) is 0.385. The summed E-state index contributed by atoms with van der Waals surface area (Å²) >= 11 is 0. The second kappa shape index (κ2) is 6.16. The predicted octanol–water partition coefficient (Wildman–Crippen LogP) is 2.41. The van der Waals surface area contributed by atoms with Crippen molar-refractivity contribution < 1.29 is 14.4 Å². The van der Waals surface area contributed by atoms with Crippen LogP contribution in [0.15, 0.2) is 28.8 Å². The van der Waals surface area contributed by atoms with Gasteiger partial charge in [0, 0.05) is 12.2 Å². The van der Waals surface area contributed by atoms with Crippen molar-refractivity contribution in [3.63, 3.8) is 0 Å². The van der Waals surface area contributed by atoms with Crippen LogP contribution in [0.25, 0.3) is 11.4 Å². The van der Waals surface area contributed by atoms with Gasteiger partial charge in [-0.05, 0) is 18.6 Å². The molecule has 1 heterocycles. The number of ether oxygens (including phenoxy) is 1. The molecule has 1 aromatic carbocycles. The quantitative estimate of drug-likeness (QED) is 0.795. The Kier molecular flexibility index (Phi) is 4.30. The van der Waals surface area contributed by atoms with Crippen LogP contribution >= 0.6 is 0 Å². The van der Waals surface area contributed by atoms with E-state index in [2.05, 4.69) is 17.1 Å². The molecule has 0 fully saturated rings. The van der Waals surface area contributed by atoms with E-state index in [1.54, 1.807) is 18.2 Å². The summed E-state index contributed by atoms with van der Waals surface area (Å²) in [6.07, 6.45) is 1.60. The first-order valence-corrected chi connectivity index (χ1v) is 5.99. The number of rotatable bonds is 6. The van der Waals surface area contributed by atoms with E-state index >= 15 is 0 Å². The summed E-state index contributed by atoms with van der Waals surface area (Å²) in [5.41, 5.74) is 0.736. The fourth-order valence-electron chi connectivity index (χ4n) is 1.52. The van der Waals surface area contributed by atoms with Crippen molar-refractivity contribution in [2.75, 3.05) is 13.2 Å². The Morgan fingerprint density at radius 1 is 1.33 bits per heavy atom. The van der Waals surface area contributed by atoms with Crippen LogP contribution < -0.4 is 0 Å². The maximum Gasteiger partial charge on any atom is 0.229 e. The van der Waals surface area contributed by atoms with E-state index in [9.17, 15) is 5.11 Å². The number of aromatic hydroxyl groups is 1. The molecule has 0 atom stereocenters. The molecule has 0 spiro atoms. The monoisotopic (exact) mass is 248 g/mol. The van der Waals surface area contributed by atoms with E-state index in [1.807, 2.05) is 6.07 Å². The van der Waals surface area contributed by atoms with Gasteiger partial charge >= 0.3 is 0 Å². The second-order valence-corrected chi connectivity index (χ2v) is 3.92. The van der Waals surface area contributed by atoms with Crippen LogP contribution in [0, 0.1) is 0 Å². The average molecular weight is 248 g/mol. The van der Waals surface area contributed by atoms with Crippen LogP contribution in [-0.2, 0) is 11.2 Å². The van der Waals surface area contributed by atoms with E-state index in [4.69, 9.17) is 9.26 Å². The molecular weight excluding hydrogens is 232 g/mol. The van der Waals surface area contributed by atoms with Gasteiger partial charge < -0.3 is 14.4 Å². The Morgan fingerprint density at radius 2 is 2.22 bits per heavy atom. The molecule has 18 heavy (non-hydrogen) atoms. The lowest BCUT2D eigenvalue weighted by molar-refractivity contribution is 0.132. The average Bonchev–Trinajstić information content (AvgIpc) is 2.83. The minimum atomic E-state index is 0.185. The molecule has 5 heteroatoms. The van der Waals surface area contributed by atoms with Crippen molar-refractivity contribution in [1.82, 2.24) is 10.1 Å². The lowest BCUT2D eigenvalue weighted by Crippen LogP contribution is -1.99. The van der Waals surface area contributed by atoms with Crippen molar-refractivity contribution in [3.8, 4) is 17.1 Å². The Hall–Kier alpha value is -1.88. The summed E-state index contributed by atoms with van der Waals surface area (Å²) in [6.45, 7) is 3.38. The van der Waals surface area contributed by atoms with Crippen LogP contribution in [0.3, 0.4) is 0 Å². The highest BCUT2D eigenvalue weighted by molar-refractivity contribution is 5.56. The molecule has 0 aliphatic carbocycles. The van der Waals surface area contributed by atoms with Gasteiger partial charge in [0.15, 0.2) is 0 Å². The van der Waals surface area contributed by atoms with Crippen LogP contribution in [0.4, 0.5) is 0 Å². The lowest BCUT2D eigenvalue weighted by Gasteiger charge is -1.97.